The molecule has 1 aliphatic carbocycles. The molecule has 0 N–H and O–H groups in total. The molecule has 2 rings (SSSR count). The van der Waals surface area contributed by atoms with Crippen LogP contribution in [-0.2, 0) is 0 Å². The lowest BCUT2D eigenvalue weighted by atomic mass is 9.84. The molecule has 0 atom stereocenters. The topological polar surface area (TPSA) is 0 Å². The van der Waals surface area contributed by atoms with Gasteiger partial charge in [-0.05, 0) is 24.3 Å². The first-order valence-electron chi connectivity index (χ1n) is 5.02. The Morgan fingerprint density at radius 2 is 1.46 bits per heavy atom. The predicted octanol–water partition coefficient (Wildman–Crippen LogP) is 4.31. The van der Waals surface area contributed by atoms with Crippen LogP contribution in [0.2, 0.25) is 0 Å². The van der Waals surface area contributed by atoms with Crippen LogP contribution in [0.5, 0.6) is 0 Å². The zero-order valence-electron chi connectivity index (χ0n) is 7.91. The summed E-state index contributed by atoms with van der Waals surface area (Å²) in [5, 5.41) is 0. The minimum absolute atomic E-state index is 0. The Morgan fingerprint density at radius 1 is 0.846 bits per heavy atom. The summed E-state index contributed by atoms with van der Waals surface area (Å²) in [6, 6.07) is 11.0. The molecule has 0 heterocycles. The maximum absolute atomic E-state index is 2.27. The van der Waals surface area contributed by atoms with E-state index in [1.165, 1.54) is 32.1 Å². The zero-order valence-corrected chi connectivity index (χ0v) is 9.62. The Hall–Kier alpha value is -0.300. The van der Waals surface area contributed by atoms with Crippen molar-refractivity contribution in [3.63, 3.8) is 0 Å². The van der Waals surface area contributed by atoms with Gasteiger partial charge in [-0.2, -0.15) is 0 Å². The Labute approximate surface area is 91.1 Å². The van der Waals surface area contributed by atoms with Crippen LogP contribution in [0, 0.1) is 0 Å². The highest BCUT2D eigenvalue weighted by atomic mass is 79.9. The van der Waals surface area contributed by atoms with Gasteiger partial charge < -0.3 is 0 Å². The molecule has 1 aromatic carbocycles. The maximum atomic E-state index is 2.27. The van der Waals surface area contributed by atoms with Crippen molar-refractivity contribution >= 4 is 17.0 Å². The summed E-state index contributed by atoms with van der Waals surface area (Å²) in [4.78, 5) is 0. The Morgan fingerprint density at radius 3 is 2.08 bits per heavy atom. The minimum atomic E-state index is 0. The highest BCUT2D eigenvalue weighted by molar-refractivity contribution is 8.93. The highest BCUT2D eigenvalue weighted by Gasteiger charge is 2.14. The maximum Gasteiger partial charge on any atom is -0.0162 e. The van der Waals surface area contributed by atoms with E-state index >= 15 is 0 Å². The molecule has 13 heavy (non-hydrogen) atoms. The molecule has 1 aliphatic rings. The lowest BCUT2D eigenvalue weighted by Crippen LogP contribution is -2.03. The van der Waals surface area contributed by atoms with Crippen molar-refractivity contribution in [2.75, 3.05) is 0 Å². The molecule has 1 heteroatoms. The Kier molecular flexibility index (Phi) is 4.51. The molecule has 0 aliphatic heterocycles. The monoisotopic (exact) mass is 240 g/mol. The first kappa shape index (κ1) is 10.8. The highest BCUT2D eigenvalue weighted by Crippen LogP contribution is 2.31. The van der Waals surface area contributed by atoms with E-state index in [9.17, 15) is 0 Å². The molecule has 1 aromatic rings. The molecule has 0 unspecified atom stereocenters. The minimum Gasteiger partial charge on any atom is -0.114 e. The number of hydrogen-bond donors (Lipinski definition) is 0. The molecule has 0 bridgehead atoms. The van der Waals surface area contributed by atoms with Crippen LogP contribution in [0.4, 0.5) is 0 Å². The number of rotatable bonds is 1. The fourth-order valence-corrected chi connectivity index (χ4v) is 2.16. The van der Waals surface area contributed by atoms with Crippen molar-refractivity contribution in [1.82, 2.24) is 0 Å². The van der Waals surface area contributed by atoms with Gasteiger partial charge >= 0.3 is 0 Å². The smallest absolute Gasteiger partial charge is 0.0162 e. The third-order valence-corrected chi connectivity index (χ3v) is 2.88. The van der Waals surface area contributed by atoms with Gasteiger partial charge in [0.2, 0.25) is 0 Å². The quantitative estimate of drug-likeness (QED) is 0.687. The number of hydrogen-bond acceptors (Lipinski definition) is 0. The van der Waals surface area contributed by atoms with E-state index in [-0.39, 0.29) is 17.0 Å². The molecule has 72 valence electrons. The summed E-state index contributed by atoms with van der Waals surface area (Å²) in [6.07, 6.45) is 7.12. The molecular weight excluding hydrogens is 224 g/mol. The molecule has 1 fully saturated rings. The lowest BCUT2D eigenvalue weighted by molar-refractivity contribution is 0.443. The molecular formula is C12H17Br. The number of halogens is 1. The summed E-state index contributed by atoms with van der Waals surface area (Å²) in [5.74, 6) is 0.861. The zero-order chi connectivity index (χ0) is 8.23. The summed E-state index contributed by atoms with van der Waals surface area (Å²) < 4.78 is 0. The van der Waals surface area contributed by atoms with Gasteiger partial charge in [0.05, 0.1) is 0 Å². The van der Waals surface area contributed by atoms with Gasteiger partial charge in [0.15, 0.2) is 0 Å². The van der Waals surface area contributed by atoms with Crippen molar-refractivity contribution in [2.45, 2.75) is 38.0 Å². The molecule has 0 spiro atoms. The van der Waals surface area contributed by atoms with Crippen LogP contribution >= 0.6 is 17.0 Å². The van der Waals surface area contributed by atoms with E-state index in [1.54, 1.807) is 5.56 Å². The SMILES string of the molecule is Br.c1ccc(C2CCCCC2)cc1. The van der Waals surface area contributed by atoms with Gasteiger partial charge in [-0.25, -0.2) is 0 Å². The van der Waals surface area contributed by atoms with E-state index in [2.05, 4.69) is 30.3 Å². The van der Waals surface area contributed by atoms with Crippen LogP contribution in [-0.4, -0.2) is 0 Å². The number of benzene rings is 1. The van der Waals surface area contributed by atoms with E-state index < -0.39 is 0 Å². The standard InChI is InChI=1S/C12H16.BrH/c1-3-7-11(8-4-1)12-9-5-2-6-10-12;/h1,3-4,7-8,12H,2,5-6,9-10H2;1H. The van der Waals surface area contributed by atoms with E-state index in [4.69, 9.17) is 0 Å². The summed E-state index contributed by atoms with van der Waals surface area (Å²) in [6.45, 7) is 0. The van der Waals surface area contributed by atoms with Gasteiger partial charge in [-0.1, -0.05) is 49.6 Å². The molecule has 0 radical (unpaired) electrons. The van der Waals surface area contributed by atoms with Gasteiger partial charge in [0.1, 0.15) is 0 Å². The average Bonchev–Trinajstić information content (AvgIpc) is 2.21. The third-order valence-electron chi connectivity index (χ3n) is 2.88. The average molecular weight is 241 g/mol. The Bertz CT molecular complexity index is 224. The normalized spacial score (nSPS) is 17.8. The fraction of sp³-hybridized carbons (Fsp3) is 0.500. The summed E-state index contributed by atoms with van der Waals surface area (Å²) in [5.41, 5.74) is 1.55. The molecule has 0 amide bonds. The van der Waals surface area contributed by atoms with Gasteiger partial charge in [0.25, 0.3) is 0 Å². The fourth-order valence-electron chi connectivity index (χ4n) is 2.16. The first-order chi connectivity index (χ1) is 5.97. The van der Waals surface area contributed by atoms with E-state index in [0.29, 0.717) is 0 Å². The second-order valence-electron chi connectivity index (χ2n) is 3.75. The molecule has 1 saturated carbocycles. The van der Waals surface area contributed by atoms with Crippen LogP contribution < -0.4 is 0 Å². The van der Waals surface area contributed by atoms with Gasteiger partial charge in [-0.15, -0.1) is 17.0 Å². The molecule has 0 saturated heterocycles. The van der Waals surface area contributed by atoms with Crippen LogP contribution in [0.1, 0.15) is 43.6 Å². The molecule has 0 nitrogen and oxygen atoms in total. The van der Waals surface area contributed by atoms with Gasteiger partial charge in [-0.3, -0.25) is 0 Å². The van der Waals surface area contributed by atoms with Crippen molar-refractivity contribution in [3.05, 3.63) is 35.9 Å². The second-order valence-corrected chi connectivity index (χ2v) is 3.75. The van der Waals surface area contributed by atoms with Crippen LogP contribution in [0.15, 0.2) is 30.3 Å². The second kappa shape index (κ2) is 5.43. The first-order valence-corrected chi connectivity index (χ1v) is 5.02. The Balaban J connectivity index is 0.000000845. The van der Waals surface area contributed by atoms with Crippen molar-refractivity contribution in [2.24, 2.45) is 0 Å². The van der Waals surface area contributed by atoms with Gasteiger partial charge in [0, 0.05) is 0 Å². The summed E-state index contributed by atoms with van der Waals surface area (Å²) >= 11 is 0. The largest absolute Gasteiger partial charge is 0.114 e. The van der Waals surface area contributed by atoms with E-state index in [0.717, 1.165) is 5.92 Å². The van der Waals surface area contributed by atoms with Crippen molar-refractivity contribution < 1.29 is 0 Å². The van der Waals surface area contributed by atoms with Crippen LogP contribution in [0.25, 0.3) is 0 Å². The van der Waals surface area contributed by atoms with Crippen molar-refractivity contribution in [1.29, 1.82) is 0 Å². The summed E-state index contributed by atoms with van der Waals surface area (Å²) in [7, 11) is 0. The predicted molar refractivity (Wildman–Crippen MR) is 62.6 cm³/mol. The van der Waals surface area contributed by atoms with E-state index in [1.807, 2.05) is 0 Å². The molecule has 0 aromatic heterocycles. The van der Waals surface area contributed by atoms with Crippen LogP contribution in [0.3, 0.4) is 0 Å². The third kappa shape index (κ3) is 2.84. The van der Waals surface area contributed by atoms with Crippen molar-refractivity contribution in [3.8, 4) is 0 Å². The lowest BCUT2D eigenvalue weighted by Gasteiger charge is -2.21.